The molecule has 2 atom stereocenters. The van der Waals surface area contributed by atoms with E-state index >= 15 is 0 Å². The molecular formula is C17H18ClFN2. The summed E-state index contributed by atoms with van der Waals surface area (Å²) in [5, 5.41) is 3.85. The summed E-state index contributed by atoms with van der Waals surface area (Å²) in [4.78, 5) is 4.53. The molecule has 0 spiro atoms. The molecule has 0 amide bonds. The molecule has 0 aliphatic heterocycles. The molecule has 2 nitrogen and oxygen atoms in total. The van der Waals surface area contributed by atoms with Gasteiger partial charge in [-0.05, 0) is 43.1 Å². The van der Waals surface area contributed by atoms with Crippen LogP contribution < -0.4 is 5.32 Å². The van der Waals surface area contributed by atoms with Crippen molar-refractivity contribution in [2.75, 3.05) is 6.54 Å². The van der Waals surface area contributed by atoms with E-state index in [0.29, 0.717) is 10.6 Å². The highest BCUT2D eigenvalue weighted by Crippen LogP contribution is 2.41. The summed E-state index contributed by atoms with van der Waals surface area (Å²) in [5.41, 5.74) is 3.04. The first kappa shape index (κ1) is 14.5. The number of halogens is 2. The van der Waals surface area contributed by atoms with Crippen LogP contribution in [0.25, 0.3) is 0 Å². The van der Waals surface area contributed by atoms with Gasteiger partial charge in [-0.1, -0.05) is 30.7 Å². The Kier molecular flexibility index (Phi) is 4.22. The van der Waals surface area contributed by atoms with E-state index in [-0.39, 0.29) is 17.8 Å². The van der Waals surface area contributed by atoms with E-state index in [1.54, 1.807) is 12.1 Å². The van der Waals surface area contributed by atoms with Gasteiger partial charge in [0.1, 0.15) is 5.82 Å². The van der Waals surface area contributed by atoms with E-state index in [0.717, 1.165) is 25.1 Å². The van der Waals surface area contributed by atoms with Crippen LogP contribution in [0.15, 0.2) is 36.5 Å². The number of pyridine rings is 1. The molecule has 0 fully saturated rings. The Labute approximate surface area is 129 Å². The number of aromatic nitrogens is 1. The summed E-state index contributed by atoms with van der Waals surface area (Å²) in [6.45, 7) is 2.82. The normalized spacial score (nSPS) is 18.5. The van der Waals surface area contributed by atoms with Gasteiger partial charge in [0.05, 0.1) is 0 Å². The first-order chi connectivity index (χ1) is 10.2. The smallest absolute Gasteiger partial charge is 0.129 e. The van der Waals surface area contributed by atoms with Crippen molar-refractivity contribution < 1.29 is 4.39 Å². The van der Waals surface area contributed by atoms with E-state index in [9.17, 15) is 4.39 Å². The molecule has 21 heavy (non-hydrogen) atoms. The van der Waals surface area contributed by atoms with Crippen molar-refractivity contribution >= 4 is 11.6 Å². The number of benzene rings is 1. The van der Waals surface area contributed by atoms with Gasteiger partial charge >= 0.3 is 0 Å². The number of hydrogen-bond donors (Lipinski definition) is 1. The topological polar surface area (TPSA) is 24.9 Å². The van der Waals surface area contributed by atoms with Crippen LogP contribution in [0, 0.1) is 5.82 Å². The van der Waals surface area contributed by atoms with Crippen LogP contribution in [-0.2, 0) is 6.42 Å². The number of hydrogen-bond acceptors (Lipinski definition) is 2. The van der Waals surface area contributed by atoms with Crippen LogP contribution in [0.1, 0.15) is 42.1 Å². The molecule has 1 aromatic carbocycles. The lowest BCUT2D eigenvalue weighted by molar-refractivity contribution is 0.429. The van der Waals surface area contributed by atoms with Crippen LogP contribution in [0.4, 0.5) is 4.39 Å². The van der Waals surface area contributed by atoms with Gasteiger partial charge < -0.3 is 5.32 Å². The molecule has 3 rings (SSSR count). The van der Waals surface area contributed by atoms with Crippen LogP contribution in [0.2, 0.25) is 5.02 Å². The van der Waals surface area contributed by atoms with Crippen molar-refractivity contribution in [1.82, 2.24) is 10.3 Å². The van der Waals surface area contributed by atoms with E-state index in [4.69, 9.17) is 11.6 Å². The van der Waals surface area contributed by atoms with E-state index in [1.807, 2.05) is 19.2 Å². The molecular weight excluding hydrogens is 287 g/mol. The molecule has 1 aromatic heterocycles. The van der Waals surface area contributed by atoms with Gasteiger partial charge in [-0.25, -0.2) is 4.39 Å². The Hall–Kier alpha value is -1.45. The molecule has 2 unspecified atom stereocenters. The second kappa shape index (κ2) is 6.12. The Bertz CT molecular complexity index is 644. The number of nitrogens with zero attached hydrogens (tertiary/aromatic N) is 1. The summed E-state index contributed by atoms with van der Waals surface area (Å²) in [6.07, 6.45) is 3.81. The fraction of sp³-hybridized carbons (Fsp3) is 0.353. The molecule has 0 saturated carbocycles. The molecule has 1 aliphatic carbocycles. The Morgan fingerprint density at radius 1 is 1.43 bits per heavy atom. The lowest BCUT2D eigenvalue weighted by atomic mass is 9.90. The molecule has 0 bridgehead atoms. The van der Waals surface area contributed by atoms with Gasteiger partial charge in [0, 0.05) is 34.4 Å². The SMILES string of the molecule is CCNC(c1ccc(Cl)cc1F)C1CCc2cccnc21. The minimum absolute atomic E-state index is 0.0663. The predicted octanol–water partition coefficient (Wildman–Crippen LogP) is 4.25. The molecule has 0 saturated heterocycles. The monoisotopic (exact) mass is 304 g/mol. The Morgan fingerprint density at radius 3 is 3.05 bits per heavy atom. The number of rotatable bonds is 4. The lowest BCUT2D eigenvalue weighted by Crippen LogP contribution is -2.27. The minimum Gasteiger partial charge on any atom is -0.310 e. The lowest BCUT2D eigenvalue weighted by Gasteiger charge is -2.25. The fourth-order valence-corrected chi connectivity index (χ4v) is 3.37. The van der Waals surface area contributed by atoms with E-state index in [2.05, 4.69) is 16.4 Å². The highest BCUT2D eigenvalue weighted by Gasteiger charge is 2.32. The second-order valence-electron chi connectivity index (χ2n) is 5.39. The zero-order valence-electron chi connectivity index (χ0n) is 11.9. The summed E-state index contributed by atoms with van der Waals surface area (Å²) in [7, 11) is 0. The van der Waals surface area contributed by atoms with Gasteiger partial charge in [-0.2, -0.15) is 0 Å². The zero-order chi connectivity index (χ0) is 14.8. The van der Waals surface area contributed by atoms with Crippen LogP contribution in [0.5, 0.6) is 0 Å². The van der Waals surface area contributed by atoms with E-state index < -0.39 is 0 Å². The van der Waals surface area contributed by atoms with Crippen molar-refractivity contribution in [1.29, 1.82) is 0 Å². The molecule has 0 radical (unpaired) electrons. The third kappa shape index (κ3) is 2.81. The van der Waals surface area contributed by atoms with E-state index in [1.165, 1.54) is 11.6 Å². The average molecular weight is 305 g/mol. The standard InChI is InChI=1S/C17H18ClFN2/c1-2-20-17(13-8-6-12(18)10-15(13)19)14-7-5-11-4-3-9-21-16(11)14/h3-4,6,8-10,14,17,20H,2,5,7H2,1H3. The molecule has 1 N–H and O–H groups in total. The van der Waals surface area contributed by atoms with Gasteiger partial charge in [0.15, 0.2) is 0 Å². The summed E-state index contributed by atoms with van der Waals surface area (Å²) >= 11 is 5.87. The van der Waals surface area contributed by atoms with Gasteiger partial charge in [-0.15, -0.1) is 0 Å². The van der Waals surface area contributed by atoms with Gasteiger partial charge in [-0.3, -0.25) is 4.98 Å². The largest absolute Gasteiger partial charge is 0.310 e. The molecule has 1 heterocycles. The second-order valence-corrected chi connectivity index (χ2v) is 5.83. The summed E-state index contributed by atoms with van der Waals surface area (Å²) < 4.78 is 14.3. The zero-order valence-corrected chi connectivity index (χ0v) is 12.7. The number of likely N-dealkylation sites (N-methyl/N-ethyl adjacent to an activating group) is 1. The number of nitrogens with one attached hydrogen (secondary N) is 1. The average Bonchev–Trinajstić information content (AvgIpc) is 2.89. The third-order valence-corrected chi connectivity index (χ3v) is 4.36. The van der Waals surface area contributed by atoms with Gasteiger partial charge in [0.25, 0.3) is 0 Å². The predicted molar refractivity (Wildman–Crippen MR) is 83.1 cm³/mol. The van der Waals surface area contributed by atoms with Crippen molar-refractivity contribution in [3.63, 3.8) is 0 Å². The van der Waals surface area contributed by atoms with Crippen molar-refractivity contribution in [3.8, 4) is 0 Å². The first-order valence-corrected chi connectivity index (χ1v) is 7.70. The quantitative estimate of drug-likeness (QED) is 0.913. The van der Waals surface area contributed by atoms with Crippen LogP contribution in [0.3, 0.4) is 0 Å². The highest BCUT2D eigenvalue weighted by molar-refractivity contribution is 6.30. The highest BCUT2D eigenvalue weighted by atomic mass is 35.5. The fourth-order valence-electron chi connectivity index (χ4n) is 3.21. The summed E-state index contributed by atoms with van der Waals surface area (Å²) in [6, 6.07) is 8.93. The first-order valence-electron chi connectivity index (χ1n) is 7.32. The maximum Gasteiger partial charge on any atom is 0.129 e. The molecule has 110 valence electrons. The maximum absolute atomic E-state index is 14.3. The van der Waals surface area contributed by atoms with Crippen LogP contribution >= 0.6 is 11.6 Å². The van der Waals surface area contributed by atoms with Crippen molar-refractivity contribution in [3.05, 3.63) is 64.2 Å². The minimum atomic E-state index is -0.252. The van der Waals surface area contributed by atoms with Crippen LogP contribution in [-0.4, -0.2) is 11.5 Å². The Balaban J connectivity index is 1.99. The number of aryl methyl sites for hydroxylation is 1. The number of fused-ring (bicyclic) bond motifs is 1. The molecule has 4 heteroatoms. The molecule has 2 aromatic rings. The Morgan fingerprint density at radius 2 is 2.29 bits per heavy atom. The maximum atomic E-state index is 14.3. The third-order valence-electron chi connectivity index (χ3n) is 4.13. The van der Waals surface area contributed by atoms with Gasteiger partial charge in [0.2, 0.25) is 0 Å². The van der Waals surface area contributed by atoms with Crippen molar-refractivity contribution in [2.24, 2.45) is 0 Å². The molecule has 1 aliphatic rings. The summed E-state index contributed by atoms with van der Waals surface area (Å²) in [5.74, 6) is -0.0466. The van der Waals surface area contributed by atoms with Crippen molar-refractivity contribution in [2.45, 2.75) is 31.7 Å².